The van der Waals surface area contributed by atoms with Crippen LogP contribution in [0.3, 0.4) is 0 Å². The summed E-state index contributed by atoms with van der Waals surface area (Å²) in [5.41, 5.74) is 2.68. The molecule has 2 aromatic rings. The third-order valence-corrected chi connectivity index (χ3v) is 2.67. The molecule has 0 aliphatic heterocycles. The highest BCUT2D eigenvalue weighted by molar-refractivity contribution is 5.94. The van der Waals surface area contributed by atoms with Crippen molar-refractivity contribution in [1.82, 2.24) is 5.32 Å². The monoisotopic (exact) mass is 241 g/mol. The number of benzene rings is 2. The molecular weight excluding hydrogens is 226 g/mol. The van der Waals surface area contributed by atoms with E-state index in [0.29, 0.717) is 12.1 Å². The summed E-state index contributed by atoms with van der Waals surface area (Å²) in [5, 5.41) is 12.0. The number of carbonyl (C=O) groups is 1. The first-order valence-corrected chi connectivity index (χ1v) is 5.78. The third-order valence-electron chi connectivity index (χ3n) is 2.67. The van der Waals surface area contributed by atoms with Gasteiger partial charge >= 0.3 is 0 Å². The predicted octanol–water partition coefficient (Wildman–Crippen LogP) is 2.63. The van der Waals surface area contributed by atoms with E-state index in [9.17, 15) is 4.79 Å². The molecule has 0 saturated carbocycles. The quantitative estimate of drug-likeness (QED) is 0.867. The van der Waals surface area contributed by atoms with Crippen molar-refractivity contribution in [3.63, 3.8) is 0 Å². The first kappa shape index (κ1) is 12.2. The Balaban J connectivity index is 1.98. The molecule has 2 aromatic carbocycles. The lowest BCUT2D eigenvalue weighted by molar-refractivity contribution is 0.0951. The van der Waals surface area contributed by atoms with Crippen molar-refractivity contribution >= 4 is 5.91 Å². The summed E-state index contributed by atoms with van der Waals surface area (Å²) < 4.78 is 0. The Hall–Kier alpha value is -2.29. The van der Waals surface area contributed by atoms with Crippen molar-refractivity contribution in [3.05, 3.63) is 65.2 Å². The molecule has 18 heavy (non-hydrogen) atoms. The number of phenols is 1. The maximum absolute atomic E-state index is 11.9. The maximum Gasteiger partial charge on any atom is 0.251 e. The molecule has 0 saturated heterocycles. The van der Waals surface area contributed by atoms with Crippen molar-refractivity contribution in [2.75, 3.05) is 0 Å². The number of amides is 1. The molecule has 0 aliphatic carbocycles. The molecule has 1 amide bonds. The van der Waals surface area contributed by atoms with E-state index in [1.54, 1.807) is 30.3 Å². The molecule has 92 valence electrons. The number of hydrogen-bond acceptors (Lipinski definition) is 2. The number of phenolic OH excluding ortho intramolecular Hbond substituents is 1. The number of rotatable bonds is 3. The van der Waals surface area contributed by atoms with E-state index in [-0.39, 0.29) is 11.7 Å². The van der Waals surface area contributed by atoms with E-state index in [1.807, 2.05) is 25.1 Å². The second-order valence-corrected chi connectivity index (χ2v) is 4.22. The molecule has 0 atom stereocenters. The molecule has 0 spiro atoms. The van der Waals surface area contributed by atoms with Gasteiger partial charge in [0.05, 0.1) is 0 Å². The molecule has 3 heteroatoms. The number of nitrogens with one attached hydrogen (secondary N) is 1. The van der Waals surface area contributed by atoms with Gasteiger partial charge in [-0.3, -0.25) is 4.79 Å². The van der Waals surface area contributed by atoms with Crippen molar-refractivity contribution in [1.29, 1.82) is 0 Å². The van der Waals surface area contributed by atoms with Crippen molar-refractivity contribution in [2.24, 2.45) is 0 Å². The summed E-state index contributed by atoms with van der Waals surface area (Å²) in [6.45, 7) is 2.41. The second-order valence-electron chi connectivity index (χ2n) is 4.22. The highest BCUT2D eigenvalue weighted by atomic mass is 16.3. The van der Waals surface area contributed by atoms with Crippen LogP contribution in [0.25, 0.3) is 0 Å². The minimum absolute atomic E-state index is 0.0909. The molecule has 0 aromatic heterocycles. The van der Waals surface area contributed by atoms with Gasteiger partial charge in [-0.1, -0.05) is 29.8 Å². The molecule has 0 unspecified atom stereocenters. The number of hydrogen-bond donors (Lipinski definition) is 2. The minimum Gasteiger partial charge on any atom is -0.508 e. The molecule has 2 rings (SSSR count). The highest BCUT2D eigenvalue weighted by Crippen LogP contribution is 2.09. The van der Waals surface area contributed by atoms with Gasteiger partial charge in [-0.25, -0.2) is 0 Å². The normalized spacial score (nSPS) is 10.1. The summed E-state index contributed by atoms with van der Waals surface area (Å²) in [6, 6.07) is 14.2. The van der Waals surface area contributed by atoms with Crippen LogP contribution in [0.15, 0.2) is 48.5 Å². The van der Waals surface area contributed by atoms with Crippen LogP contribution < -0.4 is 5.32 Å². The number of carbonyl (C=O) groups excluding carboxylic acids is 1. The Morgan fingerprint density at radius 2 is 1.89 bits per heavy atom. The highest BCUT2D eigenvalue weighted by Gasteiger charge is 2.04. The van der Waals surface area contributed by atoms with E-state index in [0.717, 1.165) is 11.1 Å². The van der Waals surface area contributed by atoms with Gasteiger partial charge in [-0.15, -0.1) is 0 Å². The van der Waals surface area contributed by atoms with E-state index in [2.05, 4.69) is 5.32 Å². The average molecular weight is 241 g/mol. The van der Waals surface area contributed by atoms with Gasteiger partial charge < -0.3 is 10.4 Å². The largest absolute Gasteiger partial charge is 0.508 e. The number of aryl methyl sites for hydroxylation is 1. The van der Waals surface area contributed by atoms with Crippen LogP contribution in [0.5, 0.6) is 5.75 Å². The standard InChI is InChI=1S/C15H15NO2/c1-11-3-2-4-13(9-11)15(18)16-10-12-5-7-14(17)8-6-12/h2-9,17H,10H2,1H3,(H,16,18). The molecule has 0 heterocycles. The van der Waals surface area contributed by atoms with Gasteiger partial charge in [-0.05, 0) is 36.8 Å². The van der Waals surface area contributed by atoms with E-state index >= 15 is 0 Å². The zero-order valence-corrected chi connectivity index (χ0v) is 10.2. The summed E-state index contributed by atoms with van der Waals surface area (Å²) in [5.74, 6) is 0.135. The first-order chi connectivity index (χ1) is 8.65. The lowest BCUT2D eigenvalue weighted by Gasteiger charge is -2.06. The fourth-order valence-electron chi connectivity index (χ4n) is 1.68. The Kier molecular flexibility index (Phi) is 3.63. The van der Waals surface area contributed by atoms with Gasteiger partial charge in [0.1, 0.15) is 5.75 Å². The molecule has 0 bridgehead atoms. The fourth-order valence-corrected chi connectivity index (χ4v) is 1.68. The lowest BCUT2D eigenvalue weighted by atomic mass is 10.1. The van der Waals surface area contributed by atoms with Crippen LogP contribution in [-0.2, 0) is 6.54 Å². The van der Waals surface area contributed by atoms with Crippen LogP contribution in [0.1, 0.15) is 21.5 Å². The average Bonchev–Trinajstić information content (AvgIpc) is 2.38. The maximum atomic E-state index is 11.9. The minimum atomic E-state index is -0.0909. The van der Waals surface area contributed by atoms with Gasteiger partial charge in [-0.2, -0.15) is 0 Å². The Morgan fingerprint density at radius 3 is 2.56 bits per heavy atom. The van der Waals surface area contributed by atoms with Crippen LogP contribution in [0, 0.1) is 6.92 Å². The smallest absolute Gasteiger partial charge is 0.251 e. The molecule has 0 fully saturated rings. The van der Waals surface area contributed by atoms with Crippen molar-refractivity contribution < 1.29 is 9.90 Å². The lowest BCUT2D eigenvalue weighted by Crippen LogP contribution is -2.22. The summed E-state index contributed by atoms with van der Waals surface area (Å²) in [6.07, 6.45) is 0. The van der Waals surface area contributed by atoms with E-state index in [1.165, 1.54) is 0 Å². The molecule has 2 N–H and O–H groups in total. The van der Waals surface area contributed by atoms with Crippen LogP contribution in [0.4, 0.5) is 0 Å². The van der Waals surface area contributed by atoms with Crippen LogP contribution >= 0.6 is 0 Å². The first-order valence-electron chi connectivity index (χ1n) is 5.78. The zero-order chi connectivity index (χ0) is 13.0. The van der Waals surface area contributed by atoms with E-state index < -0.39 is 0 Å². The van der Waals surface area contributed by atoms with E-state index in [4.69, 9.17) is 5.11 Å². The van der Waals surface area contributed by atoms with Gasteiger partial charge in [0.25, 0.3) is 5.91 Å². The Bertz CT molecular complexity index is 547. The molecule has 0 aliphatic rings. The topological polar surface area (TPSA) is 49.3 Å². The molecule has 0 radical (unpaired) electrons. The fraction of sp³-hybridized carbons (Fsp3) is 0.133. The van der Waals surface area contributed by atoms with Gasteiger partial charge in [0.15, 0.2) is 0 Å². The Morgan fingerprint density at radius 1 is 1.17 bits per heavy atom. The number of aromatic hydroxyl groups is 1. The summed E-state index contributed by atoms with van der Waals surface area (Å²) in [4.78, 5) is 11.9. The van der Waals surface area contributed by atoms with Crippen molar-refractivity contribution in [2.45, 2.75) is 13.5 Å². The summed E-state index contributed by atoms with van der Waals surface area (Å²) in [7, 11) is 0. The van der Waals surface area contributed by atoms with Gasteiger partial charge in [0.2, 0.25) is 0 Å². The van der Waals surface area contributed by atoms with Crippen molar-refractivity contribution in [3.8, 4) is 5.75 Å². The van der Waals surface area contributed by atoms with Gasteiger partial charge in [0, 0.05) is 12.1 Å². The second kappa shape index (κ2) is 5.36. The predicted molar refractivity (Wildman–Crippen MR) is 70.5 cm³/mol. The Labute approximate surface area is 106 Å². The third kappa shape index (κ3) is 3.10. The summed E-state index contributed by atoms with van der Waals surface area (Å²) >= 11 is 0. The SMILES string of the molecule is Cc1cccc(C(=O)NCc2ccc(O)cc2)c1. The molecule has 3 nitrogen and oxygen atoms in total. The van der Waals surface area contributed by atoms with Crippen LogP contribution in [0.2, 0.25) is 0 Å². The van der Waals surface area contributed by atoms with Crippen LogP contribution in [-0.4, -0.2) is 11.0 Å². The molecular formula is C15H15NO2. The zero-order valence-electron chi connectivity index (χ0n) is 10.2.